The summed E-state index contributed by atoms with van der Waals surface area (Å²) in [5.41, 5.74) is 1.93. The molecule has 1 heterocycles. The molecule has 0 bridgehead atoms. The molecule has 0 atom stereocenters. The standard InChI is InChI=1S/C16H13FN2O2S2/c1-11-18-15(10-22-11)12-5-4-6-13(9-12)19-23(20,21)16-8-3-2-7-14(16)17/h2-10,19H,1H3. The number of rotatable bonds is 4. The van der Waals surface area contributed by atoms with Crippen LogP contribution in [0.1, 0.15) is 5.01 Å². The molecule has 4 nitrogen and oxygen atoms in total. The van der Waals surface area contributed by atoms with E-state index < -0.39 is 15.8 Å². The molecule has 0 saturated carbocycles. The van der Waals surface area contributed by atoms with E-state index in [2.05, 4.69) is 9.71 Å². The third-order valence-electron chi connectivity index (χ3n) is 3.16. The highest BCUT2D eigenvalue weighted by Gasteiger charge is 2.18. The second-order valence-corrected chi connectivity index (χ2v) is 7.58. The zero-order valence-electron chi connectivity index (χ0n) is 12.2. The van der Waals surface area contributed by atoms with Crippen molar-refractivity contribution in [3.63, 3.8) is 0 Å². The van der Waals surface area contributed by atoms with Gasteiger partial charge in [0.1, 0.15) is 10.7 Å². The van der Waals surface area contributed by atoms with Crippen molar-refractivity contribution in [1.82, 2.24) is 4.98 Å². The summed E-state index contributed by atoms with van der Waals surface area (Å²) < 4.78 is 40.7. The Bertz CT molecular complexity index is 952. The summed E-state index contributed by atoms with van der Waals surface area (Å²) in [6.45, 7) is 1.90. The van der Waals surface area contributed by atoms with Crippen LogP contribution in [0.5, 0.6) is 0 Å². The Morgan fingerprint density at radius 3 is 2.61 bits per heavy atom. The van der Waals surface area contributed by atoms with Crippen molar-refractivity contribution in [1.29, 1.82) is 0 Å². The molecule has 3 aromatic rings. The Morgan fingerprint density at radius 1 is 1.13 bits per heavy atom. The number of aromatic nitrogens is 1. The van der Waals surface area contributed by atoms with E-state index in [0.717, 1.165) is 22.3 Å². The molecule has 0 aliphatic rings. The lowest BCUT2D eigenvalue weighted by atomic mass is 10.1. The van der Waals surface area contributed by atoms with Gasteiger partial charge in [0.15, 0.2) is 0 Å². The maximum atomic E-state index is 13.7. The summed E-state index contributed by atoms with van der Waals surface area (Å²) in [4.78, 5) is 3.99. The summed E-state index contributed by atoms with van der Waals surface area (Å²) in [5.74, 6) is -0.786. The fourth-order valence-corrected chi connectivity index (χ4v) is 3.86. The summed E-state index contributed by atoms with van der Waals surface area (Å²) in [7, 11) is -3.98. The van der Waals surface area contributed by atoms with Crippen LogP contribution in [0.25, 0.3) is 11.3 Å². The fraction of sp³-hybridized carbons (Fsp3) is 0.0625. The zero-order valence-corrected chi connectivity index (χ0v) is 13.8. The monoisotopic (exact) mass is 348 g/mol. The second kappa shape index (κ2) is 6.10. The number of sulfonamides is 1. The van der Waals surface area contributed by atoms with Gasteiger partial charge in [-0.05, 0) is 31.2 Å². The molecule has 2 aromatic carbocycles. The van der Waals surface area contributed by atoms with Crippen molar-refractivity contribution in [2.75, 3.05) is 4.72 Å². The molecule has 0 unspecified atom stereocenters. The fourth-order valence-electron chi connectivity index (χ4n) is 2.11. The normalized spacial score (nSPS) is 11.4. The number of thiazole rings is 1. The molecule has 0 aliphatic heterocycles. The van der Waals surface area contributed by atoms with Gasteiger partial charge in [-0.25, -0.2) is 17.8 Å². The summed E-state index contributed by atoms with van der Waals surface area (Å²) >= 11 is 1.52. The average Bonchev–Trinajstić information content (AvgIpc) is 2.94. The number of halogens is 1. The Balaban J connectivity index is 1.93. The quantitative estimate of drug-likeness (QED) is 0.773. The van der Waals surface area contributed by atoms with Crippen LogP contribution >= 0.6 is 11.3 Å². The first-order valence-electron chi connectivity index (χ1n) is 6.75. The Labute approximate surface area is 137 Å². The van der Waals surface area contributed by atoms with Crippen molar-refractivity contribution in [3.8, 4) is 11.3 Å². The van der Waals surface area contributed by atoms with Crippen LogP contribution < -0.4 is 4.72 Å². The minimum absolute atomic E-state index is 0.358. The summed E-state index contributed by atoms with van der Waals surface area (Å²) in [6.07, 6.45) is 0. The molecule has 118 valence electrons. The van der Waals surface area contributed by atoms with Crippen LogP contribution in [0.3, 0.4) is 0 Å². The topological polar surface area (TPSA) is 59.1 Å². The van der Waals surface area contributed by atoms with Crippen LogP contribution in [0.15, 0.2) is 58.8 Å². The van der Waals surface area contributed by atoms with Gasteiger partial charge in [-0.1, -0.05) is 24.3 Å². The number of nitrogens with one attached hydrogen (secondary N) is 1. The van der Waals surface area contributed by atoms with Gasteiger partial charge in [0.05, 0.1) is 10.7 Å². The van der Waals surface area contributed by atoms with Gasteiger partial charge in [-0.15, -0.1) is 11.3 Å². The molecule has 0 fully saturated rings. The molecule has 0 spiro atoms. The lowest BCUT2D eigenvalue weighted by Gasteiger charge is -2.09. The maximum Gasteiger partial charge on any atom is 0.264 e. The predicted molar refractivity (Wildman–Crippen MR) is 89.5 cm³/mol. The van der Waals surface area contributed by atoms with E-state index in [1.165, 1.54) is 29.5 Å². The third kappa shape index (κ3) is 3.40. The van der Waals surface area contributed by atoms with Gasteiger partial charge in [0.2, 0.25) is 0 Å². The van der Waals surface area contributed by atoms with E-state index in [1.807, 2.05) is 18.4 Å². The Hall–Kier alpha value is -2.25. The van der Waals surface area contributed by atoms with Gasteiger partial charge >= 0.3 is 0 Å². The molecule has 23 heavy (non-hydrogen) atoms. The second-order valence-electron chi connectivity index (χ2n) is 4.87. The zero-order chi connectivity index (χ0) is 16.4. The van der Waals surface area contributed by atoms with Gasteiger partial charge in [-0.3, -0.25) is 4.72 Å². The molecule has 0 aliphatic carbocycles. The van der Waals surface area contributed by atoms with E-state index in [1.54, 1.807) is 18.2 Å². The largest absolute Gasteiger partial charge is 0.280 e. The number of hydrogen-bond acceptors (Lipinski definition) is 4. The van der Waals surface area contributed by atoms with Crippen LogP contribution in [0, 0.1) is 12.7 Å². The van der Waals surface area contributed by atoms with Gasteiger partial charge < -0.3 is 0 Å². The van der Waals surface area contributed by atoms with Gasteiger partial charge in [0, 0.05) is 16.6 Å². The van der Waals surface area contributed by atoms with E-state index in [0.29, 0.717) is 5.69 Å². The number of nitrogens with zero attached hydrogens (tertiary/aromatic N) is 1. The highest BCUT2D eigenvalue weighted by Crippen LogP contribution is 2.25. The van der Waals surface area contributed by atoms with Crippen LogP contribution in [-0.4, -0.2) is 13.4 Å². The van der Waals surface area contributed by atoms with Crippen molar-refractivity contribution in [2.24, 2.45) is 0 Å². The third-order valence-corrected chi connectivity index (χ3v) is 5.34. The molecule has 1 N–H and O–H groups in total. The van der Waals surface area contributed by atoms with Crippen molar-refractivity contribution >= 4 is 27.0 Å². The lowest BCUT2D eigenvalue weighted by Crippen LogP contribution is -2.14. The molecule has 0 saturated heterocycles. The number of hydrogen-bond donors (Lipinski definition) is 1. The first-order valence-corrected chi connectivity index (χ1v) is 9.12. The smallest absolute Gasteiger partial charge is 0.264 e. The van der Waals surface area contributed by atoms with Gasteiger partial charge in [0.25, 0.3) is 10.0 Å². The predicted octanol–water partition coefficient (Wildman–Crippen LogP) is 4.06. The molecule has 0 amide bonds. The Kier molecular flexibility index (Phi) is 4.14. The highest BCUT2D eigenvalue weighted by atomic mass is 32.2. The van der Waals surface area contributed by atoms with E-state index >= 15 is 0 Å². The van der Waals surface area contributed by atoms with Crippen LogP contribution in [-0.2, 0) is 10.0 Å². The van der Waals surface area contributed by atoms with Crippen LogP contribution in [0.4, 0.5) is 10.1 Å². The minimum Gasteiger partial charge on any atom is -0.280 e. The first-order chi connectivity index (χ1) is 11.0. The highest BCUT2D eigenvalue weighted by molar-refractivity contribution is 7.92. The Morgan fingerprint density at radius 2 is 1.91 bits per heavy atom. The summed E-state index contributed by atoms with van der Waals surface area (Å²) in [6, 6.07) is 12.1. The SMILES string of the molecule is Cc1nc(-c2cccc(NS(=O)(=O)c3ccccc3F)c2)cs1. The van der Waals surface area contributed by atoms with Gasteiger partial charge in [-0.2, -0.15) is 0 Å². The maximum absolute atomic E-state index is 13.7. The first kappa shape index (κ1) is 15.6. The minimum atomic E-state index is -3.98. The van der Waals surface area contributed by atoms with Crippen molar-refractivity contribution < 1.29 is 12.8 Å². The van der Waals surface area contributed by atoms with E-state index in [4.69, 9.17) is 0 Å². The number of aryl methyl sites for hydroxylation is 1. The average molecular weight is 348 g/mol. The molecule has 1 aromatic heterocycles. The molecule has 7 heteroatoms. The molecule has 0 radical (unpaired) electrons. The van der Waals surface area contributed by atoms with Crippen molar-refractivity contribution in [2.45, 2.75) is 11.8 Å². The number of benzene rings is 2. The molecule has 3 rings (SSSR count). The van der Waals surface area contributed by atoms with Crippen molar-refractivity contribution in [3.05, 3.63) is 64.7 Å². The molecular formula is C16H13FN2O2S2. The lowest BCUT2D eigenvalue weighted by molar-refractivity contribution is 0.570. The number of anilines is 1. The van der Waals surface area contributed by atoms with E-state index in [-0.39, 0.29) is 4.90 Å². The summed E-state index contributed by atoms with van der Waals surface area (Å²) in [5, 5.41) is 2.83. The van der Waals surface area contributed by atoms with E-state index in [9.17, 15) is 12.8 Å². The van der Waals surface area contributed by atoms with Crippen LogP contribution in [0.2, 0.25) is 0 Å². The molecular weight excluding hydrogens is 335 g/mol.